The Labute approximate surface area is 124 Å². The zero-order valence-corrected chi connectivity index (χ0v) is 12.2. The summed E-state index contributed by atoms with van der Waals surface area (Å²) in [6, 6.07) is 14.6. The zero-order chi connectivity index (χ0) is 14.5. The molecule has 0 radical (unpaired) electrons. The van der Waals surface area contributed by atoms with Gasteiger partial charge in [-0.3, -0.25) is 4.79 Å². The van der Waals surface area contributed by atoms with E-state index in [4.69, 9.17) is 11.6 Å². The highest BCUT2D eigenvalue weighted by atomic mass is 35.5. The van der Waals surface area contributed by atoms with Gasteiger partial charge in [-0.15, -0.1) is 0 Å². The molecule has 4 heteroatoms. The maximum Gasteiger partial charge on any atom is 0.246 e. The molecule has 0 aromatic heterocycles. The minimum Gasteiger partial charge on any atom is -0.374 e. The van der Waals surface area contributed by atoms with E-state index in [2.05, 4.69) is 10.6 Å². The zero-order valence-electron chi connectivity index (χ0n) is 11.5. The molecule has 20 heavy (non-hydrogen) atoms. The number of rotatable bonds is 4. The van der Waals surface area contributed by atoms with Crippen LogP contribution in [0.15, 0.2) is 48.5 Å². The van der Waals surface area contributed by atoms with Crippen LogP contribution in [0.2, 0.25) is 5.02 Å². The van der Waals surface area contributed by atoms with Crippen LogP contribution in [0, 0.1) is 6.92 Å². The molecule has 0 saturated heterocycles. The molecule has 0 aliphatic heterocycles. The first-order valence-corrected chi connectivity index (χ1v) is 6.82. The number of hydrogen-bond donors (Lipinski definition) is 2. The Morgan fingerprint density at radius 2 is 1.75 bits per heavy atom. The van der Waals surface area contributed by atoms with E-state index in [0.717, 1.165) is 16.9 Å². The molecule has 0 fully saturated rings. The van der Waals surface area contributed by atoms with Crippen molar-refractivity contribution in [3.05, 3.63) is 59.1 Å². The second kappa shape index (κ2) is 6.44. The fourth-order valence-corrected chi connectivity index (χ4v) is 1.94. The molecular formula is C16H17ClN2O. The summed E-state index contributed by atoms with van der Waals surface area (Å²) in [6.45, 7) is 3.79. The first-order chi connectivity index (χ1) is 9.56. The van der Waals surface area contributed by atoms with Crippen molar-refractivity contribution in [3.8, 4) is 0 Å². The van der Waals surface area contributed by atoms with Gasteiger partial charge in [-0.05, 0) is 49.7 Å². The molecule has 0 unspecified atom stereocenters. The van der Waals surface area contributed by atoms with Crippen molar-refractivity contribution in [1.29, 1.82) is 0 Å². The Hall–Kier alpha value is -2.00. The molecule has 2 aromatic rings. The van der Waals surface area contributed by atoms with Crippen molar-refractivity contribution in [2.45, 2.75) is 19.9 Å². The van der Waals surface area contributed by atoms with E-state index in [1.807, 2.05) is 50.2 Å². The van der Waals surface area contributed by atoms with E-state index >= 15 is 0 Å². The van der Waals surface area contributed by atoms with Crippen molar-refractivity contribution < 1.29 is 4.79 Å². The number of halogens is 1. The van der Waals surface area contributed by atoms with Crippen LogP contribution in [-0.4, -0.2) is 11.9 Å². The predicted molar refractivity (Wildman–Crippen MR) is 84.3 cm³/mol. The monoisotopic (exact) mass is 288 g/mol. The lowest BCUT2D eigenvalue weighted by molar-refractivity contribution is -0.116. The summed E-state index contributed by atoms with van der Waals surface area (Å²) in [5.74, 6) is -0.0748. The molecule has 0 aliphatic carbocycles. The Kier molecular flexibility index (Phi) is 4.64. The van der Waals surface area contributed by atoms with Gasteiger partial charge >= 0.3 is 0 Å². The summed E-state index contributed by atoms with van der Waals surface area (Å²) in [7, 11) is 0. The van der Waals surface area contributed by atoms with Crippen LogP contribution >= 0.6 is 11.6 Å². The Morgan fingerprint density at radius 3 is 2.40 bits per heavy atom. The number of aryl methyl sites for hydroxylation is 1. The van der Waals surface area contributed by atoms with Gasteiger partial charge in [0, 0.05) is 16.4 Å². The summed E-state index contributed by atoms with van der Waals surface area (Å²) >= 11 is 5.83. The number of para-hydroxylation sites is 1. The van der Waals surface area contributed by atoms with Crippen LogP contribution in [0.1, 0.15) is 12.5 Å². The van der Waals surface area contributed by atoms with Gasteiger partial charge in [0.05, 0.1) is 0 Å². The molecule has 0 heterocycles. The third-order valence-electron chi connectivity index (χ3n) is 3.02. The lowest BCUT2D eigenvalue weighted by Crippen LogP contribution is -2.32. The molecule has 0 aliphatic rings. The quantitative estimate of drug-likeness (QED) is 0.890. The van der Waals surface area contributed by atoms with Gasteiger partial charge in [-0.2, -0.15) is 0 Å². The van der Waals surface area contributed by atoms with Crippen LogP contribution in [0.3, 0.4) is 0 Å². The van der Waals surface area contributed by atoms with Crippen molar-refractivity contribution in [2.75, 3.05) is 10.6 Å². The second-order valence-corrected chi connectivity index (χ2v) is 5.11. The summed E-state index contributed by atoms with van der Waals surface area (Å²) in [4.78, 5) is 12.1. The molecule has 0 bridgehead atoms. The molecule has 2 N–H and O–H groups in total. The third kappa shape index (κ3) is 3.75. The number of carbonyl (C=O) groups is 1. The maximum absolute atomic E-state index is 12.1. The first-order valence-electron chi connectivity index (χ1n) is 6.45. The smallest absolute Gasteiger partial charge is 0.246 e. The van der Waals surface area contributed by atoms with Gasteiger partial charge in [0.2, 0.25) is 5.91 Å². The predicted octanol–water partition coefficient (Wildman–Crippen LogP) is 4.09. The highest BCUT2D eigenvalue weighted by molar-refractivity contribution is 6.30. The fraction of sp³-hybridized carbons (Fsp3) is 0.188. The summed E-state index contributed by atoms with van der Waals surface area (Å²) in [6.07, 6.45) is 0. The van der Waals surface area contributed by atoms with Gasteiger partial charge in [0.25, 0.3) is 0 Å². The van der Waals surface area contributed by atoms with Gasteiger partial charge in [0.15, 0.2) is 0 Å². The van der Waals surface area contributed by atoms with E-state index in [9.17, 15) is 4.79 Å². The molecule has 2 rings (SSSR count). The van der Waals surface area contributed by atoms with E-state index in [-0.39, 0.29) is 11.9 Å². The maximum atomic E-state index is 12.1. The molecule has 104 valence electrons. The van der Waals surface area contributed by atoms with Crippen LogP contribution in [-0.2, 0) is 4.79 Å². The molecular weight excluding hydrogens is 272 g/mol. The van der Waals surface area contributed by atoms with Crippen molar-refractivity contribution in [1.82, 2.24) is 0 Å². The lowest BCUT2D eigenvalue weighted by atomic mass is 10.2. The Morgan fingerprint density at radius 1 is 1.10 bits per heavy atom. The number of hydrogen-bond acceptors (Lipinski definition) is 2. The molecule has 1 atom stereocenters. The number of benzene rings is 2. The Bertz CT molecular complexity index is 596. The molecule has 1 amide bonds. The summed E-state index contributed by atoms with van der Waals surface area (Å²) in [5.41, 5.74) is 2.74. The molecule has 3 nitrogen and oxygen atoms in total. The largest absolute Gasteiger partial charge is 0.374 e. The average Bonchev–Trinajstić information content (AvgIpc) is 2.44. The van der Waals surface area contributed by atoms with Crippen molar-refractivity contribution in [2.24, 2.45) is 0 Å². The van der Waals surface area contributed by atoms with Gasteiger partial charge in [0.1, 0.15) is 6.04 Å². The van der Waals surface area contributed by atoms with Crippen molar-refractivity contribution in [3.63, 3.8) is 0 Å². The van der Waals surface area contributed by atoms with Gasteiger partial charge in [-0.25, -0.2) is 0 Å². The average molecular weight is 289 g/mol. The first kappa shape index (κ1) is 14.4. The lowest BCUT2D eigenvalue weighted by Gasteiger charge is -2.16. The molecule has 0 spiro atoms. The van der Waals surface area contributed by atoms with E-state index < -0.39 is 0 Å². The highest BCUT2D eigenvalue weighted by Gasteiger charge is 2.13. The number of carbonyl (C=O) groups excluding carboxylic acids is 1. The van der Waals surface area contributed by atoms with Crippen LogP contribution in [0.4, 0.5) is 11.4 Å². The standard InChI is InChI=1S/C16H17ClN2O/c1-11-5-3-4-6-15(11)19-16(20)12(2)18-14-9-7-13(17)8-10-14/h3-10,12,18H,1-2H3,(H,19,20)/t12-/m0/s1. The number of nitrogens with one attached hydrogen (secondary N) is 2. The van der Waals surface area contributed by atoms with Gasteiger partial charge < -0.3 is 10.6 Å². The van der Waals surface area contributed by atoms with Crippen LogP contribution in [0.25, 0.3) is 0 Å². The van der Waals surface area contributed by atoms with Gasteiger partial charge in [-0.1, -0.05) is 29.8 Å². The van der Waals surface area contributed by atoms with E-state index in [1.165, 1.54) is 0 Å². The number of anilines is 2. The minimum atomic E-state index is -0.337. The van der Waals surface area contributed by atoms with Crippen LogP contribution in [0.5, 0.6) is 0 Å². The topological polar surface area (TPSA) is 41.1 Å². The molecule has 2 aromatic carbocycles. The minimum absolute atomic E-state index is 0.0748. The normalized spacial score (nSPS) is 11.8. The fourth-order valence-electron chi connectivity index (χ4n) is 1.82. The van der Waals surface area contributed by atoms with E-state index in [1.54, 1.807) is 12.1 Å². The SMILES string of the molecule is Cc1ccccc1NC(=O)[C@H](C)Nc1ccc(Cl)cc1. The van der Waals surface area contributed by atoms with E-state index in [0.29, 0.717) is 5.02 Å². The summed E-state index contributed by atoms with van der Waals surface area (Å²) < 4.78 is 0. The molecule has 0 saturated carbocycles. The van der Waals surface area contributed by atoms with Crippen LogP contribution < -0.4 is 10.6 Å². The Balaban J connectivity index is 1.99. The summed E-state index contributed by atoms with van der Waals surface area (Å²) in [5, 5.41) is 6.73. The second-order valence-electron chi connectivity index (χ2n) is 4.68. The third-order valence-corrected chi connectivity index (χ3v) is 3.28. The van der Waals surface area contributed by atoms with Crippen molar-refractivity contribution >= 4 is 28.9 Å². The highest BCUT2D eigenvalue weighted by Crippen LogP contribution is 2.16. The number of amides is 1.